The Morgan fingerprint density at radius 1 is 1.26 bits per heavy atom. The Hall–Kier alpha value is -2.58. The topological polar surface area (TPSA) is 92.7 Å². The second kappa shape index (κ2) is 7.61. The number of halogens is 3. The van der Waals surface area contributed by atoms with E-state index in [4.69, 9.17) is 5.11 Å². The molecular formula is C14H14F3NO5. The molecule has 0 aromatic heterocycles. The largest absolute Gasteiger partial charge is 0.506 e. The lowest BCUT2D eigenvalue weighted by Crippen LogP contribution is -2.18. The zero-order valence-corrected chi connectivity index (χ0v) is 12.0. The highest BCUT2D eigenvalue weighted by Gasteiger charge is 2.30. The molecule has 0 bridgehead atoms. The highest BCUT2D eigenvalue weighted by Crippen LogP contribution is 2.31. The number of hydrogen-bond donors (Lipinski definition) is 2. The van der Waals surface area contributed by atoms with E-state index in [2.05, 4.69) is 10.1 Å². The van der Waals surface area contributed by atoms with Gasteiger partial charge in [0.05, 0.1) is 5.56 Å². The molecule has 1 aromatic carbocycles. The van der Waals surface area contributed by atoms with Crippen molar-refractivity contribution >= 4 is 18.0 Å². The first-order valence-corrected chi connectivity index (χ1v) is 6.49. The summed E-state index contributed by atoms with van der Waals surface area (Å²) in [6, 6.07) is 4.37. The van der Waals surface area contributed by atoms with Gasteiger partial charge >= 0.3 is 12.3 Å². The van der Waals surface area contributed by atoms with Crippen molar-refractivity contribution in [1.29, 1.82) is 0 Å². The molecule has 23 heavy (non-hydrogen) atoms. The summed E-state index contributed by atoms with van der Waals surface area (Å²) in [6.07, 6.45) is -6.15. The highest BCUT2D eigenvalue weighted by atomic mass is 19.4. The molecule has 1 aliphatic heterocycles. The highest BCUT2D eigenvalue weighted by molar-refractivity contribution is 6.01. The van der Waals surface area contributed by atoms with Crippen LogP contribution in [0.1, 0.15) is 37.0 Å². The van der Waals surface area contributed by atoms with Crippen LogP contribution in [0.25, 0.3) is 0 Å². The van der Waals surface area contributed by atoms with Crippen molar-refractivity contribution < 1.29 is 37.4 Å². The number of nitrogens with one attached hydrogen (secondary N) is 1. The van der Waals surface area contributed by atoms with Crippen LogP contribution in [0.2, 0.25) is 0 Å². The number of carboxylic acid groups (broad SMARTS) is 1. The van der Waals surface area contributed by atoms with Gasteiger partial charge in [0, 0.05) is 12.8 Å². The Kier molecular flexibility index (Phi) is 6.11. The first-order chi connectivity index (χ1) is 10.6. The van der Waals surface area contributed by atoms with Gasteiger partial charge in [-0.1, -0.05) is 12.1 Å². The summed E-state index contributed by atoms with van der Waals surface area (Å²) in [5, 5.41) is 10.5. The van der Waals surface area contributed by atoms with Crippen molar-refractivity contribution in [1.82, 2.24) is 5.32 Å². The molecule has 1 aromatic rings. The van der Waals surface area contributed by atoms with Crippen LogP contribution in [-0.2, 0) is 20.5 Å². The Morgan fingerprint density at radius 2 is 1.83 bits per heavy atom. The Bertz CT molecular complexity index is 586. The molecule has 2 amide bonds. The van der Waals surface area contributed by atoms with Crippen LogP contribution in [0.15, 0.2) is 24.3 Å². The zero-order valence-electron chi connectivity index (χ0n) is 12.0. The number of alkyl halides is 3. The molecule has 1 aliphatic rings. The van der Waals surface area contributed by atoms with Crippen molar-refractivity contribution in [2.45, 2.75) is 32.0 Å². The van der Waals surface area contributed by atoms with E-state index < -0.39 is 24.0 Å². The predicted molar refractivity (Wildman–Crippen MR) is 71.4 cm³/mol. The molecule has 6 nitrogen and oxygen atoms in total. The summed E-state index contributed by atoms with van der Waals surface area (Å²) in [6.45, 7) is 1.36. The second-order valence-corrected chi connectivity index (χ2v) is 4.62. The number of carbonyl (C=O) groups is 3. The van der Waals surface area contributed by atoms with Crippen LogP contribution in [0, 0.1) is 0 Å². The molecule has 0 aliphatic carbocycles. The summed E-state index contributed by atoms with van der Waals surface area (Å²) in [5.74, 6) is -0.296. The summed E-state index contributed by atoms with van der Waals surface area (Å²) in [7, 11) is 0. The standard InChI is InChI=1S/C10H9F3O3.C4H5NO2/c1-6(16-9(14)15)7-3-2-4-8(5-7)10(11,12)13;6-3-1-2-4(7)5-3/h2-6H,1H3,(H,14,15);1-2H2,(H,5,6,7). The quantitative estimate of drug-likeness (QED) is 0.641. The van der Waals surface area contributed by atoms with Gasteiger partial charge in [-0.25, -0.2) is 4.79 Å². The fourth-order valence-corrected chi connectivity index (χ4v) is 1.69. The Morgan fingerprint density at radius 3 is 2.22 bits per heavy atom. The lowest BCUT2D eigenvalue weighted by molar-refractivity contribution is -0.137. The zero-order chi connectivity index (χ0) is 17.6. The third-order valence-corrected chi connectivity index (χ3v) is 2.82. The first kappa shape index (κ1) is 18.5. The van der Waals surface area contributed by atoms with E-state index in [9.17, 15) is 27.6 Å². The van der Waals surface area contributed by atoms with Crippen LogP contribution in [0.4, 0.5) is 18.0 Å². The number of ether oxygens (including phenoxy) is 1. The third kappa shape index (κ3) is 6.37. The van der Waals surface area contributed by atoms with Crippen molar-refractivity contribution in [2.75, 3.05) is 0 Å². The molecule has 126 valence electrons. The minimum absolute atomic E-state index is 0.148. The molecular weight excluding hydrogens is 319 g/mol. The van der Waals surface area contributed by atoms with Gasteiger partial charge in [0.2, 0.25) is 11.8 Å². The summed E-state index contributed by atoms with van der Waals surface area (Å²) >= 11 is 0. The SMILES string of the molecule is CC(OC(=O)O)c1cccc(C(F)(F)F)c1.O=C1CCC(=O)N1. The van der Waals surface area contributed by atoms with Gasteiger partial charge in [-0.05, 0) is 24.6 Å². The maximum Gasteiger partial charge on any atom is 0.506 e. The smallest absolute Gasteiger partial charge is 0.450 e. The van der Waals surface area contributed by atoms with Crippen LogP contribution in [-0.4, -0.2) is 23.1 Å². The van der Waals surface area contributed by atoms with E-state index in [-0.39, 0.29) is 17.4 Å². The Balaban J connectivity index is 0.000000313. The van der Waals surface area contributed by atoms with E-state index in [1.807, 2.05) is 0 Å². The van der Waals surface area contributed by atoms with Crippen molar-refractivity contribution in [3.05, 3.63) is 35.4 Å². The molecule has 1 saturated heterocycles. The average Bonchev–Trinajstić information content (AvgIpc) is 2.81. The predicted octanol–water partition coefficient (Wildman–Crippen LogP) is 2.88. The minimum atomic E-state index is -4.45. The van der Waals surface area contributed by atoms with E-state index in [0.29, 0.717) is 12.8 Å². The molecule has 0 spiro atoms. The molecule has 0 saturated carbocycles. The number of benzene rings is 1. The number of rotatable bonds is 2. The second-order valence-electron chi connectivity index (χ2n) is 4.62. The molecule has 2 rings (SSSR count). The van der Waals surface area contributed by atoms with Crippen LogP contribution in [0.5, 0.6) is 0 Å². The van der Waals surface area contributed by atoms with Gasteiger partial charge < -0.3 is 9.84 Å². The van der Waals surface area contributed by atoms with Crippen LogP contribution in [0.3, 0.4) is 0 Å². The average molecular weight is 333 g/mol. The lowest BCUT2D eigenvalue weighted by atomic mass is 10.1. The molecule has 1 heterocycles. The molecule has 2 N–H and O–H groups in total. The van der Waals surface area contributed by atoms with E-state index in [0.717, 1.165) is 12.1 Å². The molecule has 9 heteroatoms. The number of amides is 2. The molecule has 1 atom stereocenters. The van der Waals surface area contributed by atoms with Gasteiger partial charge in [-0.15, -0.1) is 0 Å². The third-order valence-electron chi connectivity index (χ3n) is 2.82. The van der Waals surface area contributed by atoms with Crippen LogP contribution >= 0.6 is 0 Å². The maximum atomic E-state index is 12.3. The minimum Gasteiger partial charge on any atom is -0.450 e. The van der Waals surface area contributed by atoms with Gasteiger partial charge in [0.1, 0.15) is 6.10 Å². The van der Waals surface area contributed by atoms with E-state index >= 15 is 0 Å². The fourth-order valence-electron chi connectivity index (χ4n) is 1.69. The first-order valence-electron chi connectivity index (χ1n) is 6.49. The van der Waals surface area contributed by atoms with Crippen molar-refractivity contribution in [3.63, 3.8) is 0 Å². The monoisotopic (exact) mass is 333 g/mol. The lowest BCUT2D eigenvalue weighted by Gasteiger charge is -2.13. The summed E-state index contributed by atoms with van der Waals surface area (Å²) in [4.78, 5) is 30.5. The van der Waals surface area contributed by atoms with Crippen molar-refractivity contribution in [3.8, 4) is 0 Å². The molecule has 0 radical (unpaired) electrons. The maximum absolute atomic E-state index is 12.3. The van der Waals surface area contributed by atoms with E-state index in [1.54, 1.807) is 0 Å². The number of carbonyl (C=O) groups excluding carboxylic acids is 2. The van der Waals surface area contributed by atoms with Crippen molar-refractivity contribution in [2.24, 2.45) is 0 Å². The molecule has 1 fully saturated rings. The summed E-state index contributed by atoms with van der Waals surface area (Å²) in [5.41, 5.74) is -0.664. The fraction of sp³-hybridized carbons (Fsp3) is 0.357. The van der Waals surface area contributed by atoms with Crippen LogP contribution < -0.4 is 5.32 Å². The van der Waals surface area contributed by atoms with E-state index in [1.165, 1.54) is 19.1 Å². The Labute approximate surface area is 129 Å². The van der Waals surface area contributed by atoms with Gasteiger partial charge in [0.25, 0.3) is 0 Å². The number of hydrogen-bond acceptors (Lipinski definition) is 4. The van der Waals surface area contributed by atoms with Gasteiger partial charge in [-0.2, -0.15) is 13.2 Å². The van der Waals surface area contributed by atoms with Gasteiger partial charge in [-0.3, -0.25) is 14.9 Å². The molecule has 1 unspecified atom stereocenters. The summed E-state index contributed by atoms with van der Waals surface area (Å²) < 4.78 is 41.4. The van der Waals surface area contributed by atoms with Gasteiger partial charge in [0.15, 0.2) is 0 Å². The normalized spacial score (nSPS) is 15.3. The number of imide groups is 1.